The summed E-state index contributed by atoms with van der Waals surface area (Å²) in [7, 11) is 1.65. The molecule has 13 heteroatoms. The topological polar surface area (TPSA) is 106 Å². The molecule has 0 spiro atoms. The van der Waals surface area contributed by atoms with E-state index in [0.29, 0.717) is 50.3 Å². The average Bonchev–Trinajstić information content (AvgIpc) is 3.57. The number of carbonyl (C=O) groups is 3. The van der Waals surface area contributed by atoms with Crippen LogP contribution in [-0.2, 0) is 25.4 Å². The lowest BCUT2D eigenvalue weighted by atomic mass is 9.97. The number of amides is 2. The second-order valence-corrected chi connectivity index (χ2v) is 13.6. The van der Waals surface area contributed by atoms with Gasteiger partial charge in [-0.15, -0.1) is 0 Å². The van der Waals surface area contributed by atoms with Crippen LogP contribution in [0.25, 0.3) is 0 Å². The Morgan fingerprint density at radius 3 is 2.29 bits per heavy atom. The minimum Gasteiger partial charge on any atom is -0.444 e. The molecule has 0 unspecified atom stereocenters. The fourth-order valence-corrected chi connectivity index (χ4v) is 5.39. The highest BCUT2D eigenvalue weighted by molar-refractivity contribution is 5.83. The van der Waals surface area contributed by atoms with Gasteiger partial charge < -0.3 is 19.1 Å². The predicted molar refractivity (Wildman–Crippen MR) is 162 cm³/mol. The SMILES string of the molecule is COCCN1CCN(C(=O)CN(C(=O)OC(C)(C)C)[C@@H]2C[C@H]2c2cc(F)cc(F)c2Cc2cnn(C(=O)OC(C)(C)C)c2)CC1. The Hall–Kier alpha value is -3.58. The van der Waals surface area contributed by atoms with Gasteiger partial charge in [0.25, 0.3) is 0 Å². The van der Waals surface area contributed by atoms with Crippen molar-refractivity contribution in [3.8, 4) is 0 Å². The van der Waals surface area contributed by atoms with E-state index in [1.807, 2.05) is 0 Å². The molecule has 1 saturated carbocycles. The van der Waals surface area contributed by atoms with Gasteiger partial charge in [0.2, 0.25) is 5.91 Å². The minimum absolute atomic E-state index is 0.0339. The summed E-state index contributed by atoms with van der Waals surface area (Å²) in [6.07, 6.45) is 1.99. The van der Waals surface area contributed by atoms with Gasteiger partial charge in [-0.25, -0.2) is 18.4 Å². The maximum absolute atomic E-state index is 15.3. The Morgan fingerprint density at radius 1 is 1.00 bits per heavy atom. The number of carbonyl (C=O) groups excluding carboxylic acids is 3. The molecule has 11 nitrogen and oxygen atoms in total. The van der Waals surface area contributed by atoms with E-state index in [-0.39, 0.29) is 24.4 Å². The maximum Gasteiger partial charge on any atom is 0.435 e. The molecular weight excluding hydrogens is 588 g/mol. The summed E-state index contributed by atoms with van der Waals surface area (Å²) in [5, 5.41) is 4.06. The Balaban J connectivity index is 1.52. The zero-order chi connectivity index (χ0) is 33.1. The first-order valence-electron chi connectivity index (χ1n) is 15.3. The van der Waals surface area contributed by atoms with Crippen molar-refractivity contribution in [3.05, 3.63) is 52.9 Å². The van der Waals surface area contributed by atoms with Crippen LogP contribution in [0.15, 0.2) is 24.5 Å². The number of hydrogen-bond donors (Lipinski definition) is 0. The summed E-state index contributed by atoms with van der Waals surface area (Å²) >= 11 is 0. The lowest BCUT2D eigenvalue weighted by Gasteiger charge is -2.36. The number of rotatable bonds is 9. The molecule has 2 aromatic rings. The van der Waals surface area contributed by atoms with Gasteiger partial charge >= 0.3 is 12.2 Å². The summed E-state index contributed by atoms with van der Waals surface area (Å²) in [6.45, 7) is 14.1. The van der Waals surface area contributed by atoms with Crippen LogP contribution in [0.4, 0.5) is 18.4 Å². The third-order valence-electron chi connectivity index (χ3n) is 7.62. The van der Waals surface area contributed by atoms with Gasteiger partial charge in [-0.05, 0) is 70.7 Å². The molecule has 2 fully saturated rings. The van der Waals surface area contributed by atoms with Gasteiger partial charge in [-0.2, -0.15) is 9.78 Å². The molecule has 1 aromatic carbocycles. The Bertz CT molecular complexity index is 1380. The smallest absolute Gasteiger partial charge is 0.435 e. The number of methoxy groups -OCH3 is 1. The van der Waals surface area contributed by atoms with Crippen molar-refractivity contribution in [2.24, 2.45) is 0 Å². The molecule has 0 N–H and O–H groups in total. The molecule has 1 aliphatic heterocycles. The van der Waals surface area contributed by atoms with E-state index in [2.05, 4.69) is 10.00 Å². The number of halogens is 2. The van der Waals surface area contributed by atoms with Crippen LogP contribution in [0.2, 0.25) is 0 Å². The molecule has 248 valence electrons. The molecule has 1 aliphatic carbocycles. The molecule has 45 heavy (non-hydrogen) atoms. The fraction of sp³-hybridized carbons (Fsp3) is 0.625. The molecule has 2 heterocycles. The standard InChI is InChI=1S/C32H45F2N5O6/c1-31(2,3)44-29(41)38(20-28(40)37-10-8-36(9-11-37)12-13-43-7)27-17-25(27)23-15-22(33)16-26(34)24(23)14-21-18-35-39(19-21)30(42)45-32(4,5)6/h15-16,18-19,25,27H,8-14,17,20H2,1-7H3/t25-,27+/m0/s1. The minimum atomic E-state index is -0.805. The molecule has 2 atom stereocenters. The van der Waals surface area contributed by atoms with Gasteiger partial charge in [0.1, 0.15) is 29.4 Å². The first kappa shape index (κ1) is 34.3. The third-order valence-corrected chi connectivity index (χ3v) is 7.62. The third kappa shape index (κ3) is 9.46. The Morgan fingerprint density at radius 2 is 1.67 bits per heavy atom. The molecule has 1 saturated heterocycles. The number of aromatic nitrogens is 2. The van der Waals surface area contributed by atoms with E-state index in [0.717, 1.165) is 17.3 Å². The number of hydrogen-bond acceptors (Lipinski definition) is 8. The fourth-order valence-electron chi connectivity index (χ4n) is 5.39. The molecule has 1 aromatic heterocycles. The summed E-state index contributed by atoms with van der Waals surface area (Å²) in [6, 6.07) is 1.60. The first-order valence-corrected chi connectivity index (χ1v) is 15.3. The number of benzene rings is 1. The van der Waals surface area contributed by atoms with Crippen LogP contribution in [0, 0.1) is 11.6 Å². The van der Waals surface area contributed by atoms with Crippen molar-refractivity contribution in [2.45, 2.75) is 77.5 Å². The van der Waals surface area contributed by atoms with E-state index >= 15 is 4.39 Å². The summed E-state index contributed by atoms with van der Waals surface area (Å²) in [4.78, 5) is 44.6. The molecule has 0 radical (unpaired) electrons. The molecule has 0 bridgehead atoms. The van der Waals surface area contributed by atoms with Crippen molar-refractivity contribution < 1.29 is 37.4 Å². The highest BCUT2D eigenvalue weighted by atomic mass is 19.1. The molecule has 2 amide bonds. The molecule has 2 aliphatic rings. The lowest BCUT2D eigenvalue weighted by Crippen LogP contribution is -2.53. The average molecular weight is 634 g/mol. The van der Waals surface area contributed by atoms with Crippen LogP contribution in [0.3, 0.4) is 0 Å². The van der Waals surface area contributed by atoms with Gasteiger partial charge in [0.05, 0.1) is 12.8 Å². The second kappa shape index (κ2) is 13.8. The molecule has 4 rings (SSSR count). The number of nitrogens with zero attached hydrogens (tertiary/aromatic N) is 5. The van der Waals surface area contributed by atoms with Crippen molar-refractivity contribution in [1.29, 1.82) is 0 Å². The highest BCUT2D eigenvalue weighted by Crippen LogP contribution is 2.47. The van der Waals surface area contributed by atoms with Crippen LogP contribution < -0.4 is 0 Å². The lowest BCUT2D eigenvalue weighted by molar-refractivity contribution is -0.134. The Labute approximate surface area is 263 Å². The van der Waals surface area contributed by atoms with E-state index in [9.17, 15) is 18.8 Å². The normalized spacial score (nSPS) is 18.9. The van der Waals surface area contributed by atoms with Gasteiger partial charge in [0, 0.05) is 70.5 Å². The van der Waals surface area contributed by atoms with Crippen LogP contribution >= 0.6 is 0 Å². The predicted octanol–water partition coefficient (Wildman–Crippen LogP) is 4.42. The van der Waals surface area contributed by atoms with E-state index in [1.165, 1.54) is 23.4 Å². The zero-order valence-corrected chi connectivity index (χ0v) is 27.3. The maximum atomic E-state index is 15.3. The van der Waals surface area contributed by atoms with Gasteiger partial charge in [0.15, 0.2) is 0 Å². The zero-order valence-electron chi connectivity index (χ0n) is 27.3. The summed E-state index contributed by atoms with van der Waals surface area (Å²) in [5.41, 5.74) is -0.375. The van der Waals surface area contributed by atoms with Crippen molar-refractivity contribution in [3.63, 3.8) is 0 Å². The van der Waals surface area contributed by atoms with Crippen molar-refractivity contribution in [1.82, 2.24) is 24.5 Å². The monoisotopic (exact) mass is 633 g/mol. The highest BCUT2D eigenvalue weighted by Gasteiger charge is 2.48. The molecular formula is C32H45F2N5O6. The number of piperazine rings is 1. The summed E-state index contributed by atoms with van der Waals surface area (Å²) < 4.78 is 47.1. The largest absolute Gasteiger partial charge is 0.444 e. The van der Waals surface area contributed by atoms with Crippen LogP contribution in [0.1, 0.15) is 70.6 Å². The van der Waals surface area contributed by atoms with Crippen LogP contribution in [0.5, 0.6) is 0 Å². The van der Waals surface area contributed by atoms with Crippen molar-refractivity contribution in [2.75, 3.05) is 53.0 Å². The quantitative estimate of drug-likeness (QED) is 0.400. The summed E-state index contributed by atoms with van der Waals surface area (Å²) in [5.74, 6) is -2.12. The van der Waals surface area contributed by atoms with Crippen molar-refractivity contribution >= 4 is 18.1 Å². The van der Waals surface area contributed by atoms with E-state index in [4.69, 9.17) is 14.2 Å². The number of ether oxygens (including phenoxy) is 3. The van der Waals surface area contributed by atoms with Gasteiger partial charge in [-0.1, -0.05) is 0 Å². The van der Waals surface area contributed by atoms with E-state index < -0.39 is 47.0 Å². The second-order valence-electron chi connectivity index (χ2n) is 13.6. The Kier molecular flexibility index (Phi) is 10.5. The first-order chi connectivity index (χ1) is 21.0. The van der Waals surface area contributed by atoms with Crippen LogP contribution in [-0.4, -0.2) is 113 Å². The van der Waals surface area contributed by atoms with E-state index in [1.54, 1.807) is 53.6 Å². The van der Waals surface area contributed by atoms with Gasteiger partial charge in [-0.3, -0.25) is 14.6 Å².